The van der Waals surface area contributed by atoms with Crippen LogP contribution in [0.3, 0.4) is 0 Å². The average Bonchev–Trinajstić information content (AvgIpc) is 3.40. The van der Waals surface area contributed by atoms with Crippen LogP contribution in [0, 0.1) is 0 Å². The predicted octanol–water partition coefficient (Wildman–Crippen LogP) is 5.11. The van der Waals surface area contributed by atoms with Crippen LogP contribution in [0.1, 0.15) is 26.3 Å². The van der Waals surface area contributed by atoms with Gasteiger partial charge in [0.15, 0.2) is 6.10 Å². The highest BCUT2D eigenvalue weighted by Crippen LogP contribution is 2.40. The quantitative estimate of drug-likeness (QED) is 0.347. The minimum atomic E-state index is -4.04. The molecule has 1 amide bonds. The van der Waals surface area contributed by atoms with Crippen LogP contribution < -0.4 is 19.1 Å². The Labute approximate surface area is 231 Å². The van der Waals surface area contributed by atoms with E-state index in [1.54, 1.807) is 24.3 Å². The van der Waals surface area contributed by atoms with Crippen molar-refractivity contribution in [3.05, 3.63) is 78.4 Å². The Balaban J connectivity index is 1.47. The van der Waals surface area contributed by atoms with Crippen molar-refractivity contribution in [3.8, 4) is 22.1 Å². The zero-order chi connectivity index (χ0) is 27.8. The van der Waals surface area contributed by atoms with Crippen LogP contribution in [-0.2, 0) is 20.2 Å². The van der Waals surface area contributed by atoms with Gasteiger partial charge in [0.05, 0.1) is 24.2 Å². The summed E-state index contributed by atoms with van der Waals surface area (Å²) in [6.07, 6.45) is -1.12. The number of amides is 1. The molecule has 202 valence electrons. The third kappa shape index (κ3) is 5.45. The van der Waals surface area contributed by atoms with Gasteiger partial charge in [-0.1, -0.05) is 68.5 Å². The number of carbonyl (C=O) groups excluding carboxylic acids is 1. The summed E-state index contributed by atoms with van der Waals surface area (Å²) in [6, 6.07) is 21.0. The molecule has 5 rings (SSSR count). The molecule has 1 aliphatic heterocycles. The van der Waals surface area contributed by atoms with E-state index in [1.165, 1.54) is 34.9 Å². The van der Waals surface area contributed by atoms with Crippen molar-refractivity contribution >= 4 is 38.1 Å². The van der Waals surface area contributed by atoms with Crippen molar-refractivity contribution in [2.75, 3.05) is 23.3 Å². The van der Waals surface area contributed by atoms with Crippen LogP contribution in [-0.4, -0.2) is 44.3 Å². The van der Waals surface area contributed by atoms with Gasteiger partial charge < -0.3 is 9.47 Å². The second-order valence-corrected chi connectivity index (χ2v) is 12.9. The van der Waals surface area contributed by atoms with Crippen LogP contribution in [0.15, 0.2) is 77.7 Å². The Hall–Kier alpha value is -3.96. The molecule has 0 unspecified atom stereocenters. The summed E-state index contributed by atoms with van der Waals surface area (Å²) >= 11 is 1.22. The van der Waals surface area contributed by atoms with Crippen LogP contribution in [0.4, 0.5) is 10.8 Å². The average molecular weight is 565 g/mol. The molecule has 1 aliphatic rings. The van der Waals surface area contributed by atoms with E-state index in [4.69, 9.17) is 9.47 Å². The van der Waals surface area contributed by atoms with Gasteiger partial charge in [-0.3, -0.25) is 14.4 Å². The molecule has 1 aromatic heterocycles. The molecule has 0 aliphatic carbocycles. The number of nitrogens with zero attached hydrogens (tertiary/aromatic N) is 3. The van der Waals surface area contributed by atoms with Crippen LogP contribution in [0.2, 0.25) is 0 Å². The van der Waals surface area contributed by atoms with Crippen molar-refractivity contribution in [2.45, 2.75) is 37.2 Å². The number of ether oxygens (including phenoxy) is 2. The maximum Gasteiger partial charge on any atom is 0.269 e. The van der Waals surface area contributed by atoms with Gasteiger partial charge in [0, 0.05) is 5.56 Å². The molecule has 0 bridgehead atoms. The second kappa shape index (κ2) is 10.3. The van der Waals surface area contributed by atoms with E-state index in [0.29, 0.717) is 27.3 Å². The third-order valence-electron chi connectivity index (χ3n) is 6.31. The number of methoxy groups -OCH3 is 1. The van der Waals surface area contributed by atoms with Gasteiger partial charge >= 0.3 is 0 Å². The minimum absolute atomic E-state index is 0.0769. The number of rotatable bonds is 6. The molecule has 0 spiro atoms. The topological polar surface area (TPSA) is 111 Å². The molecule has 39 heavy (non-hydrogen) atoms. The molecule has 1 N–H and O–H groups in total. The highest BCUT2D eigenvalue weighted by molar-refractivity contribution is 7.92. The van der Waals surface area contributed by atoms with Gasteiger partial charge in [0.1, 0.15) is 16.5 Å². The van der Waals surface area contributed by atoms with Crippen molar-refractivity contribution in [2.24, 2.45) is 0 Å². The summed E-state index contributed by atoms with van der Waals surface area (Å²) < 4.78 is 40.2. The van der Waals surface area contributed by atoms with Gasteiger partial charge in [-0.05, 0) is 47.4 Å². The third-order valence-corrected chi connectivity index (χ3v) is 8.99. The van der Waals surface area contributed by atoms with Gasteiger partial charge in [0.25, 0.3) is 15.9 Å². The van der Waals surface area contributed by atoms with Crippen molar-refractivity contribution < 1.29 is 22.7 Å². The highest BCUT2D eigenvalue weighted by atomic mass is 32.2. The Morgan fingerprint density at radius 2 is 1.77 bits per heavy atom. The highest BCUT2D eigenvalue weighted by Gasteiger charge is 2.38. The number of hydrogen-bond acceptors (Lipinski definition) is 8. The van der Waals surface area contributed by atoms with E-state index in [2.05, 4.69) is 15.5 Å². The van der Waals surface area contributed by atoms with Crippen molar-refractivity contribution in [3.63, 3.8) is 0 Å². The van der Waals surface area contributed by atoms with E-state index in [9.17, 15) is 13.2 Å². The number of fused-ring (bicyclic) bond motifs is 1. The van der Waals surface area contributed by atoms with Crippen LogP contribution in [0.5, 0.6) is 11.5 Å². The second-order valence-electron chi connectivity index (χ2n) is 10.0. The zero-order valence-electron chi connectivity index (χ0n) is 21.9. The monoisotopic (exact) mass is 564 g/mol. The first-order valence-electron chi connectivity index (χ1n) is 12.2. The summed E-state index contributed by atoms with van der Waals surface area (Å²) in [5.74, 6) is 0.315. The fourth-order valence-corrected chi connectivity index (χ4v) is 6.33. The fraction of sp³-hybridized carbons (Fsp3) is 0.250. The number of benzene rings is 3. The molecule has 0 saturated carbocycles. The summed E-state index contributed by atoms with van der Waals surface area (Å²) in [7, 11) is -2.53. The van der Waals surface area contributed by atoms with Crippen LogP contribution in [0.25, 0.3) is 10.6 Å². The Kier molecular flexibility index (Phi) is 7.04. The molecule has 0 saturated heterocycles. The number of hydrogen-bond donors (Lipinski definition) is 1. The predicted molar refractivity (Wildman–Crippen MR) is 151 cm³/mol. The molecular formula is C28H28N4O5S2. The molecule has 1 atom stereocenters. The SMILES string of the molecule is COc1ccc(S(=O)(=O)N2C[C@H](C(=O)Nc3nnc(-c4ccccc4)s3)Oc3ccc(C(C)(C)C)cc32)cc1. The van der Waals surface area contributed by atoms with Crippen molar-refractivity contribution in [1.82, 2.24) is 10.2 Å². The minimum Gasteiger partial charge on any atom is -0.497 e. The largest absolute Gasteiger partial charge is 0.497 e. The number of aromatic nitrogens is 2. The maximum atomic E-state index is 13.9. The molecule has 0 fully saturated rings. The van der Waals surface area contributed by atoms with E-state index >= 15 is 0 Å². The molecule has 3 aromatic carbocycles. The molecule has 0 radical (unpaired) electrons. The van der Waals surface area contributed by atoms with E-state index in [-0.39, 0.29) is 16.9 Å². The fourth-order valence-electron chi connectivity index (χ4n) is 4.11. The normalized spacial score (nSPS) is 15.3. The number of carbonyl (C=O) groups is 1. The van der Waals surface area contributed by atoms with E-state index in [1.807, 2.05) is 57.2 Å². The van der Waals surface area contributed by atoms with E-state index in [0.717, 1.165) is 11.1 Å². The smallest absolute Gasteiger partial charge is 0.269 e. The lowest BCUT2D eigenvalue weighted by atomic mass is 9.86. The lowest BCUT2D eigenvalue weighted by Gasteiger charge is -2.35. The standard InChI is InChI=1S/C28H28N4O5S2/c1-28(2,3)19-10-15-23-22(16-19)32(39(34,35)21-13-11-20(36-4)12-14-21)17-24(37-23)25(33)29-27-31-30-26(38-27)18-8-6-5-7-9-18/h5-16,24H,17H2,1-4H3,(H,29,31,33)/t24-/m1/s1. The lowest BCUT2D eigenvalue weighted by molar-refractivity contribution is -0.122. The zero-order valence-corrected chi connectivity index (χ0v) is 23.5. The molecule has 11 heteroatoms. The first-order chi connectivity index (χ1) is 18.6. The van der Waals surface area contributed by atoms with Crippen LogP contribution >= 0.6 is 11.3 Å². The van der Waals surface area contributed by atoms with E-state index < -0.39 is 22.0 Å². The Bertz CT molecular complexity index is 1600. The first kappa shape index (κ1) is 26.6. The van der Waals surface area contributed by atoms with Gasteiger partial charge in [-0.15, -0.1) is 10.2 Å². The number of anilines is 2. The van der Waals surface area contributed by atoms with Gasteiger partial charge in [-0.25, -0.2) is 8.42 Å². The molecule has 4 aromatic rings. The van der Waals surface area contributed by atoms with Gasteiger partial charge in [0.2, 0.25) is 5.13 Å². The summed E-state index contributed by atoms with van der Waals surface area (Å²) in [4.78, 5) is 13.4. The Morgan fingerprint density at radius 3 is 2.44 bits per heavy atom. The molecular weight excluding hydrogens is 536 g/mol. The van der Waals surface area contributed by atoms with Gasteiger partial charge in [-0.2, -0.15) is 0 Å². The summed E-state index contributed by atoms with van der Waals surface area (Å²) in [5, 5.41) is 11.9. The summed E-state index contributed by atoms with van der Waals surface area (Å²) in [6.45, 7) is 5.92. The van der Waals surface area contributed by atoms with Crippen molar-refractivity contribution in [1.29, 1.82) is 0 Å². The molecule has 2 heterocycles. The molecule has 9 nitrogen and oxygen atoms in total. The lowest BCUT2D eigenvalue weighted by Crippen LogP contribution is -2.49. The summed E-state index contributed by atoms with van der Waals surface area (Å²) in [5.41, 5.74) is 1.96. The number of nitrogens with one attached hydrogen (secondary N) is 1. The number of sulfonamides is 1. The first-order valence-corrected chi connectivity index (χ1v) is 14.5. The Morgan fingerprint density at radius 1 is 1.05 bits per heavy atom. The maximum absolute atomic E-state index is 13.9.